The highest BCUT2D eigenvalue weighted by molar-refractivity contribution is 6.61. The molecule has 0 spiro atoms. The maximum Gasteiger partial charge on any atom is 0.516 e. The zero-order valence-electron chi connectivity index (χ0n) is 12.1. The molecule has 0 saturated carbocycles. The second-order valence-electron chi connectivity index (χ2n) is 5.65. The molecule has 2 rings (SSSR count). The van der Waals surface area contributed by atoms with Gasteiger partial charge in [0.1, 0.15) is 0 Å². The van der Waals surface area contributed by atoms with Crippen LogP contribution in [0.4, 0.5) is 8.78 Å². The molecule has 2 heterocycles. The van der Waals surface area contributed by atoms with Gasteiger partial charge in [0.05, 0.1) is 22.5 Å². The molecule has 20 heavy (non-hydrogen) atoms. The molecule has 1 aromatic heterocycles. The molecule has 0 aromatic carbocycles. The molecule has 1 aliphatic heterocycles. The van der Waals surface area contributed by atoms with Crippen molar-refractivity contribution in [3.05, 3.63) is 11.9 Å². The van der Waals surface area contributed by atoms with Gasteiger partial charge in [-0.3, -0.25) is 4.98 Å². The minimum atomic E-state index is -2.93. The topological polar surface area (TPSA) is 53.5 Å². The van der Waals surface area contributed by atoms with Gasteiger partial charge in [-0.1, -0.05) is 0 Å². The number of nitrogens with zero attached hydrogens (tertiary/aromatic N) is 2. The fourth-order valence-corrected chi connectivity index (χ4v) is 1.77. The highest BCUT2D eigenvalue weighted by Gasteiger charge is 2.52. The molecule has 0 radical (unpaired) electrons. The number of halogens is 2. The summed E-state index contributed by atoms with van der Waals surface area (Å²) in [5.74, 6) is -0.194. The summed E-state index contributed by atoms with van der Waals surface area (Å²) in [6.45, 7) is 6.29. The Morgan fingerprint density at radius 2 is 1.75 bits per heavy atom. The average Bonchev–Trinajstić information content (AvgIpc) is 2.50. The van der Waals surface area contributed by atoms with Crippen LogP contribution < -0.4 is 10.3 Å². The van der Waals surface area contributed by atoms with Gasteiger partial charge in [0.15, 0.2) is 0 Å². The Hall–Kier alpha value is -1.28. The van der Waals surface area contributed by atoms with Gasteiger partial charge >= 0.3 is 13.7 Å². The van der Waals surface area contributed by atoms with E-state index in [1.165, 1.54) is 6.20 Å². The molecule has 1 fully saturated rings. The maximum absolute atomic E-state index is 12.2. The second-order valence-corrected chi connectivity index (χ2v) is 5.65. The van der Waals surface area contributed by atoms with Gasteiger partial charge in [0.25, 0.3) is 0 Å². The van der Waals surface area contributed by atoms with Crippen LogP contribution in [0.25, 0.3) is 0 Å². The highest BCUT2D eigenvalue weighted by atomic mass is 19.3. The lowest BCUT2D eigenvalue weighted by Gasteiger charge is -2.32. The fraction of sp³-hybridized carbons (Fsp3) is 0.667. The number of alkyl halides is 2. The Balaban J connectivity index is 2.22. The summed E-state index contributed by atoms with van der Waals surface area (Å²) in [4.78, 5) is 8.00. The number of ether oxygens (including phenoxy) is 1. The zero-order valence-corrected chi connectivity index (χ0v) is 12.1. The Labute approximate surface area is 116 Å². The Bertz CT molecular complexity index is 495. The van der Waals surface area contributed by atoms with Gasteiger partial charge in [-0.2, -0.15) is 8.78 Å². The van der Waals surface area contributed by atoms with E-state index in [-0.39, 0.29) is 11.6 Å². The summed E-state index contributed by atoms with van der Waals surface area (Å²) in [7, 11) is -0.674. The van der Waals surface area contributed by atoms with E-state index in [0.717, 1.165) is 0 Å². The molecule has 0 atom stereocenters. The Kier molecular flexibility index (Phi) is 3.72. The van der Waals surface area contributed by atoms with E-state index in [2.05, 4.69) is 14.7 Å². The molecule has 1 aliphatic rings. The van der Waals surface area contributed by atoms with Crippen LogP contribution in [0, 0.1) is 6.92 Å². The number of aryl methyl sites for hydroxylation is 1. The number of hydrogen-bond donors (Lipinski definition) is 0. The predicted octanol–water partition coefficient (Wildman–Crippen LogP) is 1.69. The lowest BCUT2D eigenvalue weighted by atomic mass is 9.85. The van der Waals surface area contributed by atoms with Crippen molar-refractivity contribution in [2.45, 2.75) is 52.4 Å². The third kappa shape index (κ3) is 2.76. The molecule has 8 heteroatoms. The summed E-state index contributed by atoms with van der Waals surface area (Å²) in [5, 5.41) is 0. The van der Waals surface area contributed by atoms with Crippen molar-refractivity contribution in [3.8, 4) is 5.88 Å². The molecular weight excluding hydrogens is 269 g/mol. The standard InChI is InChI=1S/C12H17BF2N2O3/c1-7-9(18-10(14)15)16-6-8(17-7)13-19-11(2,3)12(4,5)20-13/h6,10H,1-5H3. The lowest BCUT2D eigenvalue weighted by molar-refractivity contribution is -0.0536. The SMILES string of the molecule is Cc1nc(B2OC(C)(C)C(C)(C)O2)cnc1OC(F)F. The van der Waals surface area contributed by atoms with Crippen LogP contribution >= 0.6 is 0 Å². The Morgan fingerprint density at radius 3 is 2.20 bits per heavy atom. The molecular formula is C12H17BF2N2O3. The summed E-state index contributed by atoms with van der Waals surface area (Å²) in [6.07, 6.45) is 1.33. The van der Waals surface area contributed by atoms with Gasteiger partial charge in [0.2, 0.25) is 5.88 Å². The molecule has 1 saturated heterocycles. The van der Waals surface area contributed by atoms with Crippen LogP contribution in [0.15, 0.2) is 6.20 Å². The first-order valence-electron chi connectivity index (χ1n) is 6.26. The first kappa shape index (κ1) is 15.1. The van der Waals surface area contributed by atoms with Crippen LogP contribution in [-0.4, -0.2) is 34.9 Å². The van der Waals surface area contributed by atoms with Crippen LogP contribution in [0.3, 0.4) is 0 Å². The molecule has 5 nitrogen and oxygen atoms in total. The zero-order chi connectivity index (χ0) is 15.1. The second kappa shape index (κ2) is 4.93. The van der Waals surface area contributed by atoms with E-state index in [9.17, 15) is 8.78 Å². The van der Waals surface area contributed by atoms with Gasteiger partial charge in [0, 0.05) is 6.20 Å². The molecule has 0 amide bonds. The summed E-state index contributed by atoms with van der Waals surface area (Å²) in [5.41, 5.74) is -0.295. The monoisotopic (exact) mass is 286 g/mol. The van der Waals surface area contributed by atoms with E-state index in [1.54, 1.807) is 6.92 Å². The molecule has 110 valence electrons. The van der Waals surface area contributed by atoms with Crippen LogP contribution in [-0.2, 0) is 9.31 Å². The van der Waals surface area contributed by atoms with Crippen molar-refractivity contribution in [2.24, 2.45) is 0 Å². The van der Waals surface area contributed by atoms with Crippen molar-refractivity contribution in [1.29, 1.82) is 0 Å². The maximum atomic E-state index is 12.2. The summed E-state index contributed by atoms with van der Waals surface area (Å²) >= 11 is 0. The molecule has 0 unspecified atom stereocenters. The number of aromatic nitrogens is 2. The fourth-order valence-electron chi connectivity index (χ4n) is 1.77. The minimum absolute atomic E-state index is 0.194. The van der Waals surface area contributed by atoms with Crippen molar-refractivity contribution >= 4 is 12.7 Å². The third-order valence-electron chi connectivity index (χ3n) is 3.62. The first-order valence-corrected chi connectivity index (χ1v) is 6.26. The minimum Gasteiger partial charge on any atom is -0.415 e. The first-order chi connectivity index (χ1) is 9.12. The lowest BCUT2D eigenvalue weighted by Crippen LogP contribution is -2.41. The van der Waals surface area contributed by atoms with Crippen LogP contribution in [0.2, 0.25) is 0 Å². The van der Waals surface area contributed by atoms with Crippen LogP contribution in [0.5, 0.6) is 5.88 Å². The molecule has 0 N–H and O–H groups in total. The Morgan fingerprint density at radius 1 is 1.20 bits per heavy atom. The predicted molar refractivity (Wildman–Crippen MR) is 69.1 cm³/mol. The average molecular weight is 286 g/mol. The van der Waals surface area contributed by atoms with Crippen molar-refractivity contribution in [1.82, 2.24) is 9.97 Å². The summed E-state index contributed by atoms with van der Waals surface area (Å²) in [6, 6.07) is 0. The van der Waals surface area contributed by atoms with E-state index in [0.29, 0.717) is 5.59 Å². The van der Waals surface area contributed by atoms with Gasteiger partial charge in [-0.05, 0) is 34.6 Å². The van der Waals surface area contributed by atoms with E-state index in [1.807, 2.05) is 27.7 Å². The molecule has 0 aliphatic carbocycles. The third-order valence-corrected chi connectivity index (χ3v) is 3.62. The van der Waals surface area contributed by atoms with Crippen molar-refractivity contribution in [3.63, 3.8) is 0 Å². The van der Waals surface area contributed by atoms with E-state index < -0.39 is 24.9 Å². The van der Waals surface area contributed by atoms with Crippen molar-refractivity contribution < 1.29 is 22.8 Å². The molecule has 1 aromatic rings. The van der Waals surface area contributed by atoms with Crippen LogP contribution in [0.1, 0.15) is 33.4 Å². The van der Waals surface area contributed by atoms with E-state index >= 15 is 0 Å². The number of rotatable bonds is 3. The quantitative estimate of drug-likeness (QED) is 0.791. The normalized spacial score (nSPS) is 20.5. The number of hydrogen-bond acceptors (Lipinski definition) is 5. The van der Waals surface area contributed by atoms with E-state index in [4.69, 9.17) is 9.31 Å². The largest absolute Gasteiger partial charge is 0.516 e. The van der Waals surface area contributed by atoms with Gasteiger partial charge in [-0.25, -0.2) is 4.98 Å². The van der Waals surface area contributed by atoms with Crippen molar-refractivity contribution in [2.75, 3.05) is 0 Å². The van der Waals surface area contributed by atoms with Gasteiger partial charge in [-0.15, -0.1) is 0 Å². The summed E-state index contributed by atoms with van der Waals surface area (Å²) < 4.78 is 40.2. The van der Waals surface area contributed by atoms with Gasteiger partial charge < -0.3 is 14.0 Å². The highest BCUT2D eigenvalue weighted by Crippen LogP contribution is 2.36. The smallest absolute Gasteiger partial charge is 0.415 e. The molecule has 0 bridgehead atoms.